The minimum Gasteiger partial charge on any atom is -0.326 e. The molecule has 0 spiro atoms. The number of nitrogens with one attached hydrogen (secondary N) is 1. The lowest BCUT2D eigenvalue weighted by molar-refractivity contribution is -0.118. The standard InChI is InChI=1S/C21H23N3O2S2/c1-11(2)19(26)24-16-8-6-15(7-9-16)17(25)10-27-20-18-12(3)13(4)28-21(18)23-14(5)22-20/h6-9,11H,10H2,1-5H3,(H,24,26). The molecular formula is C21H23N3O2S2. The Morgan fingerprint density at radius 2 is 1.79 bits per heavy atom. The molecule has 1 N–H and O–H groups in total. The van der Waals surface area contributed by atoms with E-state index in [4.69, 9.17) is 0 Å². The fourth-order valence-corrected chi connectivity index (χ4v) is 4.83. The van der Waals surface area contributed by atoms with E-state index in [9.17, 15) is 9.59 Å². The molecule has 0 fully saturated rings. The second-order valence-electron chi connectivity index (χ2n) is 6.97. The average Bonchev–Trinajstić information content (AvgIpc) is 2.93. The normalized spacial score (nSPS) is 11.2. The molecule has 0 saturated carbocycles. The Bertz CT molecular complexity index is 1040. The van der Waals surface area contributed by atoms with Crippen molar-refractivity contribution in [3.8, 4) is 0 Å². The summed E-state index contributed by atoms with van der Waals surface area (Å²) in [6.07, 6.45) is 0. The zero-order valence-electron chi connectivity index (χ0n) is 16.6. The largest absolute Gasteiger partial charge is 0.326 e. The monoisotopic (exact) mass is 413 g/mol. The third kappa shape index (κ3) is 4.42. The molecule has 146 valence electrons. The number of carbonyl (C=O) groups is 2. The number of hydrogen-bond acceptors (Lipinski definition) is 6. The van der Waals surface area contributed by atoms with Crippen LogP contribution in [0.1, 0.15) is 40.5 Å². The highest BCUT2D eigenvalue weighted by atomic mass is 32.2. The number of ketones is 1. The maximum atomic E-state index is 12.6. The first-order valence-corrected chi connectivity index (χ1v) is 10.9. The molecule has 0 aliphatic heterocycles. The Kier molecular flexibility index (Phi) is 6.15. The van der Waals surface area contributed by atoms with Crippen LogP contribution in [0.3, 0.4) is 0 Å². The molecule has 2 heterocycles. The van der Waals surface area contributed by atoms with Crippen LogP contribution in [0.15, 0.2) is 29.3 Å². The zero-order valence-corrected chi connectivity index (χ0v) is 18.3. The molecule has 1 aromatic carbocycles. The summed E-state index contributed by atoms with van der Waals surface area (Å²) in [7, 11) is 0. The summed E-state index contributed by atoms with van der Waals surface area (Å²) >= 11 is 3.11. The van der Waals surface area contributed by atoms with Gasteiger partial charge in [0.15, 0.2) is 5.78 Å². The number of fused-ring (bicyclic) bond motifs is 1. The maximum absolute atomic E-state index is 12.6. The van der Waals surface area contributed by atoms with E-state index < -0.39 is 0 Å². The summed E-state index contributed by atoms with van der Waals surface area (Å²) in [5.74, 6) is 0.918. The van der Waals surface area contributed by atoms with E-state index in [2.05, 4.69) is 29.1 Å². The van der Waals surface area contributed by atoms with Crippen molar-refractivity contribution in [1.82, 2.24) is 9.97 Å². The highest BCUT2D eigenvalue weighted by Crippen LogP contribution is 2.35. The number of carbonyl (C=O) groups excluding carboxylic acids is 2. The number of thioether (sulfide) groups is 1. The smallest absolute Gasteiger partial charge is 0.226 e. The fourth-order valence-electron chi connectivity index (χ4n) is 2.66. The number of benzene rings is 1. The van der Waals surface area contributed by atoms with Crippen LogP contribution < -0.4 is 5.32 Å². The van der Waals surface area contributed by atoms with Gasteiger partial charge in [-0.05, 0) is 50.6 Å². The van der Waals surface area contributed by atoms with Crippen molar-refractivity contribution in [2.45, 2.75) is 39.6 Å². The van der Waals surface area contributed by atoms with E-state index >= 15 is 0 Å². The van der Waals surface area contributed by atoms with Crippen molar-refractivity contribution < 1.29 is 9.59 Å². The second-order valence-corrected chi connectivity index (χ2v) is 9.14. The van der Waals surface area contributed by atoms with Crippen LogP contribution >= 0.6 is 23.1 Å². The van der Waals surface area contributed by atoms with Gasteiger partial charge in [-0.2, -0.15) is 0 Å². The van der Waals surface area contributed by atoms with E-state index in [1.807, 2.05) is 20.8 Å². The highest BCUT2D eigenvalue weighted by molar-refractivity contribution is 8.00. The molecule has 1 amide bonds. The van der Waals surface area contributed by atoms with Crippen LogP contribution in [0.5, 0.6) is 0 Å². The van der Waals surface area contributed by atoms with Gasteiger partial charge in [0.05, 0.1) is 5.75 Å². The average molecular weight is 414 g/mol. The first-order valence-electron chi connectivity index (χ1n) is 9.07. The van der Waals surface area contributed by atoms with Crippen LogP contribution in [-0.4, -0.2) is 27.4 Å². The van der Waals surface area contributed by atoms with Gasteiger partial charge in [0, 0.05) is 27.4 Å². The lowest BCUT2D eigenvalue weighted by Crippen LogP contribution is -2.17. The van der Waals surface area contributed by atoms with E-state index in [1.165, 1.54) is 22.2 Å². The third-order valence-electron chi connectivity index (χ3n) is 4.45. The quantitative estimate of drug-likeness (QED) is 0.342. The van der Waals surface area contributed by atoms with Gasteiger partial charge in [-0.3, -0.25) is 9.59 Å². The molecule has 0 aliphatic carbocycles. The summed E-state index contributed by atoms with van der Waals surface area (Å²) in [4.78, 5) is 35.7. The molecule has 0 bridgehead atoms. The highest BCUT2D eigenvalue weighted by Gasteiger charge is 2.16. The van der Waals surface area contributed by atoms with E-state index in [-0.39, 0.29) is 17.6 Å². The Morgan fingerprint density at radius 3 is 2.43 bits per heavy atom. The SMILES string of the molecule is Cc1nc(SCC(=O)c2ccc(NC(=O)C(C)C)cc2)c2c(C)c(C)sc2n1. The number of rotatable bonds is 6. The molecule has 0 radical (unpaired) electrons. The van der Waals surface area contributed by atoms with Crippen LogP contribution in [-0.2, 0) is 4.79 Å². The first kappa shape index (κ1) is 20.5. The van der Waals surface area contributed by atoms with E-state index in [1.54, 1.807) is 35.6 Å². The molecule has 0 aliphatic rings. The Balaban J connectivity index is 1.72. The number of Topliss-reactive ketones (excluding diaryl/α,β-unsaturated/α-hetero) is 1. The minimum absolute atomic E-state index is 0.0285. The number of nitrogens with zero attached hydrogens (tertiary/aromatic N) is 2. The predicted molar refractivity (Wildman–Crippen MR) is 117 cm³/mol. The van der Waals surface area contributed by atoms with Crippen molar-refractivity contribution in [1.29, 1.82) is 0 Å². The summed E-state index contributed by atoms with van der Waals surface area (Å²) < 4.78 is 0. The lowest BCUT2D eigenvalue weighted by Gasteiger charge is -2.08. The number of amides is 1. The molecule has 3 aromatic rings. The molecular weight excluding hydrogens is 390 g/mol. The predicted octanol–water partition coefficient (Wildman–Crippen LogP) is 5.19. The second kappa shape index (κ2) is 8.41. The summed E-state index contributed by atoms with van der Waals surface area (Å²) in [5, 5.41) is 4.74. The summed E-state index contributed by atoms with van der Waals surface area (Å²) in [5.41, 5.74) is 2.50. The molecule has 0 atom stereocenters. The fraction of sp³-hybridized carbons (Fsp3) is 0.333. The van der Waals surface area contributed by atoms with Crippen molar-refractivity contribution in [2.24, 2.45) is 5.92 Å². The number of anilines is 1. The molecule has 7 heteroatoms. The van der Waals surface area contributed by atoms with Crippen molar-refractivity contribution in [2.75, 3.05) is 11.1 Å². The van der Waals surface area contributed by atoms with Crippen molar-refractivity contribution in [3.63, 3.8) is 0 Å². The zero-order chi connectivity index (χ0) is 20.4. The van der Waals surface area contributed by atoms with Crippen LogP contribution in [0.2, 0.25) is 0 Å². The molecule has 0 saturated heterocycles. The number of thiophene rings is 1. The Morgan fingerprint density at radius 1 is 1.11 bits per heavy atom. The lowest BCUT2D eigenvalue weighted by atomic mass is 10.1. The van der Waals surface area contributed by atoms with Crippen LogP contribution in [0.4, 0.5) is 5.69 Å². The van der Waals surface area contributed by atoms with E-state index in [0.717, 1.165) is 15.2 Å². The first-order chi connectivity index (χ1) is 13.3. The van der Waals surface area contributed by atoms with Crippen molar-refractivity contribution in [3.05, 3.63) is 46.1 Å². The molecule has 3 rings (SSSR count). The van der Waals surface area contributed by atoms with Crippen LogP contribution in [0, 0.1) is 26.7 Å². The van der Waals surface area contributed by atoms with Gasteiger partial charge >= 0.3 is 0 Å². The minimum atomic E-state index is -0.0879. The Labute approximate surface area is 173 Å². The van der Waals surface area contributed by atoms with Gasteiger partial charge in [0.25, 0.3) is 0 Å². The summed E-state index contributed by atoms with van der Waals surface area (Å²) in [6, 6.07) is 7.02. The van der Waals surface area contributed by atoms with Gasteiger partial charge in [0.2, 0.25) is 5.91 Å². The van der Waals surface area contributed by atoms with Crippen molar-refractivity contribution >= 4 is 50.7 Å². The number of aryl methyl sites for hydroxylation is 3. The van der Waals surface area contributed by atoms with Gasteiger partial charge in [0.1, 0.15) is 15.7 Å². The molecule has 0 unspecified atom stereocenters. The van der Waals surface area contributed by atoms with Gasteiger partial charge in [-0.15, -0.1) is 11.3 Å². The molecule has 5 nitrogen and oxygen atoms in total. The van der Waals surface area contributed by atoms with Crippen LogP contribution in [0.25, 0.3) is 10.2 Å². The molecule has 2 aromatic heterocycles. The van der Waals surface area contributed by atoms with Gasteiger partial charge in [-0.1, -0.05) is 25.6 Å². The molecule has 28 heavy (non-hydrogen) atoms. The number of hydrogen-bond donors (Lipinski definition) is 1. The maximum Gasteiger partial charge on any atom is 0.226 e. The third-order valence-corrected chi connectivity index (χ3v) is 6.52. The van der Waals surface area contributed by atoms with E-state index in [0.29, 0.717) is 22.8 Å². The number of aromatic nitrogens is 2. The van der Waals surface area contributed by atoms with Gasteiger partial charge in [-0.25, -0.2) is 9.97 Å². The van der Waals surface area contributed by atoms with Gasteiger partial charge < -0.3 is 5.32 Å². The topological polar surface area (TPSA) is 72.0 Å². The summed E-state index contributed by atoms with van der Waals surface area (Å²) in [6.45, 7) is 9.71. The Hall–Kier alpha value is -2.25.